The summed E-state index contributed by atoms with van der Waals surface area (Å²) in [6.07, 6.45) is 0. The van der Waals surface area contributed by atoms with Gasteiger partial charge in [-0.25, -0.2) is 0 Å². The normalized spacial score (nSPS) is 10.3. The number of nitro benzene ring substituents is 1. The van der Waals surface area contributed by atoms with E-state index in [9.17, 15) is 10.1 Å². The first-order valence-corrected chi connectivity index (χ1v) is 7.14. The second kappa shape index (κ2) is 7.38. The lowest BCUT2D eigenvalue weighted by atomic mass is 10.1. The lowest BCUT2D eigenvalue weighted by Gasteiger charge is -2.11. The molecule has 118 valence electrons. The van der Waals surface area contributed by atoms with Crippen LogP contribution in [0.2, 0.25) is 0 Å². The number of rotatable bonds is 6. The van der Waals surface area contributed by atoms with Crippen molar-refractivity contribution >= 4 is 11.4 Å². The molecular weight excluding hydrogens is 292 g/mol. The highest BCUT2D eigenvalue weighted by atomic mass is 16.6. The van der Waals surface area contributed by atoms with Gasteiger partial charge in [0.25, 0.3) is 5.69 Å². The smallest absolute Gasteiger partial charge is 0.270 e. The van der Waals surface area contributed by atoms with E-state index in [2.05, 4.69) is 22.3 Å². The Morgan fingerprint density at radius 3 is 2.39 bits per heavy atom. The second-order valence-corrected chi connectivity index (χ2v) is 5.51. The summed E-state index contributed by atoms with van der Waals surface area (Å²) in [4.78, 5) is 12.3. The van der Waals surface area contributed by atoms with Gasteiger partial charge in [0.15, 0.2) is 0 Å². The van der Waals surface area contributed by atoms with Crippen LogP contribution in [0.5, 0.6) is 0 Å². The zero-order valence-corrected chi connectivity index (χ0v) is 13.1. The zero-order valence-electron chi connectivity index (χ0n) is 13.1. The number of nitro groups is 1. The van der Waals surface area contributed by atoms with Crippen molar-refractivity contribution in [2.24, 2.45) is 0 Å². The number of benzene rings is 2. The van der Waals surface area contributed by atoms with Crippen molar-refractivity contribution in [2.45, 2.75) is 13.1 Å². The van der Waals surface area contributed by atoms with Gasteiger partial charge < -0.3 is 10.2 Å². The molecule has 6 heteroatoms. The number of anilines is 1. The molecular formula is C17H18N4O2. The number of nitriles is 1. The quantitative estimate of drug-likeness (QED) is 0.654. The first-order chi connectivity index (χ1) is 11.0. The van der Waals surface area contributed by atoms with Crippen molar-refractivity contribution in [1.29, 1.82) is 5.26 Å². The van der Waals surface area contributed by atoms with Crippen molar-refractivity contribution in [2.75, 3.05) is 19.4 Å². The molecule has 0 unspecified atom stereocenters. The third kappa shape index (κ3) is 4.53. The molecule has 0 bridgehead atoms. The predicted molar refractivity (Wildman–Crippen MR) is 89.0 cm³/mol. The molecule has 0 aliphatic heterocycles. The third-order valence-electron chi connectivity index (χ3n) is 3.34. The first-order valence-electron chi connectivity index (χ1n) is 7.14. The monoisotopic (exact) mass is 310 g/mol. The maximum Gasteiger partial charge on any atom is 0.270 e. The van der Waals surface area contributed by atoms with E-state index in [1.807, 2.05) is 32.3 Å². The molecule has 0 aliphatic carbocycles. The van der Waals surface area contributed by atoms with E-state index < -0.39 is 4.92 Å². The third-order valence-corrected chi connectivity index (χ3v) is 3.34. The molecule has 0 radical (unpaired) electrons. The van der Waals surface area contributed by atoms with E-state index in [0.29, 0.717) is 12.2 Å². The number of nitrogens with one attached hydrogen (secondary N) is 1. The van der Waals surface area contributed by atoms with Gasteiger partial charge in [-0.3, -0.25) is 10.1 Å². The molecule has 0 aromatic heterocycles. The summed E-state index contributed by atoms with van der Waals surface area (Å²) in [5.41, 5.74) is 3.08. The van der Waals surface area contributed by atoms with Crippen LogP contribution in [0, 0.1) is 21.4 Å². The second-order valence-electron chi connectivity index (χ2n) is 5.51. The topological polar surface area (TPSA) is 82.2 Å². The number of hydrogen-bond donors (Lipinski definition) is 1. The molecule has 1 N–H and O–H groups in total. The lowest BCUT2D eigenvalue weighted by Crippen LogP contribution is -2.10. The summed E-state index contributed by atoms with van der Waals surface area (Å²) in [5.74, 6) is 0. The molecule has 0 aliphatic rings. The maximum atomic E-state index is 10.7. The Morgan fingerprint density at radius 1 is 1.17 bits per heavy atom. The summed E-state index contributed by atoms with van der Waals surface area (Å²) < 4.78 is 0. The molecule has 2 aromatic carbocycles. The van der Waals surface area contributed by atoms with E-state index >= 15 is 0 Å². The Labute approximate surface area is 135 Å². The minimum atomic E-state index is -0.506. The van der Waals surface area contributed by atoms with Crippen LogP contribution >= 0.6 is 0 Å². The highest BCUT2D eigenvalue weighted by molar-refractivity contribution is 5.61. The molecule has 0 heterocycles. The summed E-state index contributed by atoms with van der Waals surface area (Å²) in [6.45, 7) is 1.43. The van der Waals surface area contributed by atoms with Crippen molar-refractivity contribution in [3.05, 3.63) is 69.3 Å². The molecule has 2 rings (SSSR count). The number of nitrogens with zero attached hydrogens (tertiary/aromatic N) is 3. The fraction of sp³-hybridized carbons (Fsp3) is 0.235. The van der Waals surface area contributed by atoms with Gasteiger partial charge in [0, 0.05) is 25.2 Å². The Bertz CT molecular complexity index is 733. The van der Waals surface area contributed by atoms with Crippen molar-refractivity contribution in [3.8, 4) is 6.07 Å². The van der Waals surface area contributed by atoms with E-state index in [1.165, 1.54) is 17.7 Å². The molecule has 0 fully saturated rings. The zero-order chi connectivity index (χ0) is 16.8. The van der Waals surface area contributed by atoms with Gasteiger partial charge >= 0.3 is 0 Å². The summed E-state index contributed by atoms with van der Waals surface area (Å²) in [6, 6.07) is 14.4. The van der Waals surface area contributed by atoms with Gasteiger partial charge in [0.05, 0.1) is 16.2 Å². The predicted octanol–water partition coefficient (Wildman–Crippen LogP) is 3.14. The van der Waals surface area contributed by atoms with Gasteiger partial charge in [0.1, 0.15) is 6.07 Å². The molecule has 6 nitrogen and oxygen atoms in total. The van der Waals surface area contributed by atoms with Gasteiger partial charge in [-0.15, -0.1) is 0 Å². The van der Waals surface area contributed by atoms with E-state index in [0.717, 1.165) is 12.1 Å². The molecule has 0 amide bonds. The highest BCUT2D eigenvalue weighted by Crippen LogP contribution is 2.22. The summed E-state index contributed by atoms with van der Waals surface area (Å²) >= 11 is 0. The van der Waals surface area contributed by atoms with Crippen molar-refractivity contribution in [1.82, 2.24) is 4.90 Å². The maximum absolute atomic E-state index is 10.7. The van der Waals surface area contributed by atoms with Gasteiger partial charge in [-0.05, 0) is 31.3 Å². The fourth-order valence-corrected chi connectivity index (χ4v) is 2.22. The van der Waals surface area contributed by atoms with Crippen molar-refractivity contribution in [3.63, 3.8) is 0 Å². The lowest BCUT2D eigenvalue weighted by molar-refractivity contribution is -0.384. The Hall–Kier alpha value is -2.91. The SMILES string of the molecule is CN(C)Cc1ccc(CNc2ccc([N+](=O)[O-])cc2C#N)cc1. The largest absolute Gasteiger partial charge is 0.380 e. The molecule has 0 atom stereocenters. The van der Waals surface area contributed by atoms with Crippen LogP contribution in [0.3, 0.4) is 0 Å². The number of hydrogen-bond acceptors (Lipinski definition) is 5. The average molecular weight is 310 g/mol. The molecule has 0 spiro atoms. The molecule has 23 heavy (non-hydrogen) atoms. The minimum Gasteiger partial charge on any atom is -0.380 e. The van der Waals surface area contributed by atoms with Crippen LogP contribution in [0.4, 0.5) is 11.4 Å². The van der Waals surface area contributed by atoms with Gasteiger partial charge in [-0.2, -0.15) is 5.26 Å². The number of non-ortho nitro benzene ring substituents is 1. The molecule has 0 saturated carbocycles. The van der Waals surface area contributed by atoms with Crippen LogP contribution < -0.4 is 5.32 Å². The Balaban J connectivity index is 2.06. The van der Waals surface area contributed by atoms with Gasteiger partial charge in [-0.1, -0.05) is 24.3 Å². The Morgan fingerprint density at radius 2 is 1.83 bits per heavy atom. The van der Waals surface area contributed by atoms with Crippen LogP contribution in [0.25, 0.3) is 0 Å². The van der Waals surface area contributed by atoms with Crippen LogP contribution in [0.15, 0.2) is 42.5 Å². The van der Waals surface area contributed by atoms with Crippen LogP contribution in [0.1, 0.15) is 16.7 Å². The minimum absolute atomic E-state index is 0.0832. The van der Waals surface area contributed by atoms with E-state index in [1.54, 1.807) is 6.07 Å². The van der Waals surface area contributed by atoms with Crippen LogP contribution in [-0.2, 0) is 13.1 Å². The van der Waals surface area contributed by atoms with Crippen LogP contribution in [-0.4, -0.2) is 23.9 Å². The van der Waals surface area contributed by atoms with E-state index in [-0.39, 0.29) is 11.3 Å². The molecule has 2 aromatic rings. The standard InChI is InChI=1S/C17H18N4O2/c1-20(2)12-14-5-3-13(4-6-14)11-19-17-8-7-16(21(22)23)9-15(17)10-18/h3-9,19H,11-12H2,1-2H3. The van der Waals surface area contributed by atoms with Gasteiger partial charge in [0.2, 0.25) is 0 Å². The Kier molecular flexibility index (Phi) is 5.28. The molecule has 0 saturated heterocycles. The fourth-order valence-electron chi connectivity index (χ4n) is 2.22. The first kappa shape index (κ1) is 16.5. The average Bonchev–Trinajstić information content (AvgIpc) is 2.53. The summed E-state index contributed by atoms with van der Waals surface area (Å²) in [7, 11) is 4.04. The highest BCUT2D eigenvalue weighted by Gasteiger charge is 2.10. The van der Waals surface area contributed by atoms with E-state index in [4.69, 9.17) is 5.26 Å². The summed E-state index contributed by atoms with van der Waals surface area (Å²) in [5, 5.41) is 23.0. The van der Waals surface area contributed by atoms with Crippen molar-refractivity contribution < 1.29 is 4.92 Å².